The van der Waals surface area contributed by atoms with E-state index in [2.05, 4.69) is 38.1 Å². The molecule has 0 bridgehead atoms. The van der Waals surface area contributed by atoms with Crippen LogP contribution >= 0.6 is 0 Å². The normalized spacial score (nSPS) is 16.5. The minimum Gasteiger partial charge on any atom is -0.334 e. The van der Waals surface area contributed by atoms with E-state index >= 15 is 0 Å². The third-order valence-electron chi connectivity index (χ3n) is 3.66. The molecule has 1 saturated carbocycles. The van der Waals surface area contributed by atoms with Gasteiger partial charge in [-0.15, -0.1) is 0 Å². The first-order valence-electron chi connectivity index (χ1n) is 7.14. The second kappa shape index (κ2) is 5.74. The molecule has 0 unspecified atom stereocenters. The van der Waals surface area contributed by atoms with Crippen LogP contribution in [0.4, 0.5) is 0 Å². The maximum absolute atomic E-state index is 12.1. The molecule has 0 radical (unpaired) electrons. The Bertz CT molecular complexity index is 433. The molecule has 3 nitrogen and oxygen atoms in total. The van der Waals surface area contributed by atoms with Crippen molar-refractivity contribution in [2.75, 3.05) is 0 Å². The average Bonchev–Trinajstić information content (AvgIpc) is 3.19. The molecule has 1 atom stereocenters. The van der Waals surface area contributed by atoms with Crippen molar-refractivity contribution in [1.82, 2.24) is 4.90 Å². The standard InChI is InChI=1S/C16H24N2O/c1-11(2)14-6-4-13(5-7-14)10-18(15-8-9-15)16(19)12(3)17/h4-7,11-12,15H,8-10,17H2,1-3H3/t12-/m1/s1. The van der Waals surface area contributed by atoms with E-state index in [1.165, 1.54) is 11.1 Å². The highest BCUT2D eigenvalue weighted by Gasteiger charge is 2.33. The first kappa shape index (κ1) is 14.1. The second-order valence-electron chi connectivity index (χ2n) is 5.88. The van der Waals surface area contributed by atoms with Crippen LogP contribution < -0.4 is 5.73 Å². The Morgan fingerprint density at radius 3 is 2.26 bits per heavy atom. The van der Waals surface area contributed by atoms with Crippen molar-refractivity contribution < 1.29 is 4.79 Å². The van der Waals surface area contributed by atoms with Crippen LogP contribution in [0.5, 0.6) is 0 Å². The number of nitrogens with two attached hydrogens (primary N) is 1. The average molecular weight is 260 g/mol. The fourth-order valence-corrected chi connectivity index (χ4v) is 2.24. The summed E-state index contributed by atoms with van der Waals surface area (Å²) in [4.78, 5) is 14.0. The highest BCUT2D eigenvalue weighted by atomic mass is 16.2. The number of amides is 1. The highest BCUT2D eigenvalue weighted by Crippen LogP contribution is 2.29. The number of hydrogen-bond acceptors (Lipinski definition) is 2. The minimum absolute atomic E-state index is 0.0652. The van der Waals surface area contributed by atoms with Gasteiger partial charge in [-0.3, -0.25) is 4.79 Å². The van der Waals surface area contributed by atoms with E-state index in [-0.39, 0.29) is 5.91 Å². The van der Waals surface area contributed by atoms with Crippen LogP contribution in [0, 0.1) is 0 Å². The van der Waals surface area contributed by atoms with Gasteiger partial charge in [0.25, 0.3) is 0 Å². The molecule has 3 heteroatoms. The molecule has 2 rings (SSSR count). The SMILES string of the molecule is CC(C)c1ccc(CN(C(=O)[C@@H](C)N)C2CC2)cc1. The summed E-state index contributed by atoms with van der Waals surface area (Å²) in [6, 6.07) is 8.56. The lowest BCUT2D eigenvalue weighted by atomic mass is 10.0. The second-order valence-corrected chi connectivity index (χ2v) is 5.88. The molecule has 0 aromatic heterocycles. The number of hydrogen-bond donors (Lipinski definition) is 1. The van der Waals surface area contributed by atoms with E-state index in [1.54, 1.807) is 6.92 Å². The minimum atomic E-state index is -0.407. The van der Waals surface area contributed by atoms with Crippen molar-refractivity contribution >= 4 is 5.91 Å². The van der Waals surface area contributed by atoms with Gasteiger partial charge in [0.15, 0.2) is 0 Å². The molecule has 104 valence electrons. The predicted molar refractivity (Wildman–Crippen MR) is 77.8 cm³/mol. The molecule has 0 aliphatic heterocycles. The van der Waals surface area contributed by atoms with Crippen molar-refractivity contribution in [2.45, 2.75) is 58.2 Å². The molecule has 1 amide bonds. The van der Waals surface area contributed by atoms with Gasteiger partial charge in [0.2, 0.25) is 5.91 Å². The van der Waals surface area contributed by atoms with E-state index < -0.39 is 6.04 Å². The smallest absolute Gasteiger partial charge is 0.239 e. The van der Waals surface area contributed by atoms with Crippen molar-refractivity contribution in [1.29, 1.82) is 0 Å². The summed E-state index contributed by atoms with van der Waals surface area (Å²) >= 11 is 0. The summed E-state index contributed by atoms with van der Waals surface area (Å²) in [5, 5.41) is 0. The third-order valence-corrected chi connectivity index (χ3v) is 3.66. The van der Waals surface area contributed by atoms with E-state index in [0.717, 1.165) is 12.8 Å². The number of nitrogens with zero attached hydrogens (tertiary/aromatic N) is 1. The van der Waals surface area contributed by atoms with E-state index in [0.29, 0.717) is 18.5 Å². The lowest BCUT2D eigenvalue weighted by Crippen LogP contribution is -2.42. The Kier molecular flexibility index (Phi) is 4.25. The molecular weight excluding hydrogens is 236 g/mol. The first-order chi connectivity index (χ1) is 8.99. The zero-order valence-electron chi connectivity index (χ0n) is 12.1. The van der Waals surface area contributed by atoms with Gasteiger partial charge in [-0.1, -0.05) is 38.1 Å². The van der Waals surface area contributed by atoms with Crippen LogP contribution in [0.1, 0.15) is 50.7 Å². The number of rotatable bonds is 5. The summed E-state index contributed by atoms with van der Waals surface area (Å²) < 4.78 is 0. The van der Waals surface area contributed by atoms with Gasteiger partial charge >= 0.3 is 0 Å². The summed E-state index contributed by atoms with van der Waals surface area (Å²) in [7, 11) is 0. The Morgan fingerprint density at radius 1 is 1.26 bits per heavy atom. The number of benzene rings is 1. The molecule has 1 aliphatic rings. The van der Waals surface area contributed by atoms with Gasteiger partial charge in [0, 0.05) is 12.6 Å². The maximum Gasteiger partial charge on any atom is 0.239 e. The van der Waals surface area contributed by atoms with Crippen LogP contribution in [0.15, 0.2) is 24.3 Å². The zero-order chi connectivity index (χ0) is 14.0. The lowest BCUT2D eigenvalue weighted by molar-refractivity contribution is -0.133. The van der Waals surface area contributed by atoms with Gasteiger partial charge in [-0.05, 0) is 36.8 Å². The molecule has 2 N–H and O–H groups in total. The lowest BCUT2D eigenvalue weighted by Gasteiger charge is -2.24. The van der Waals surface area contributed by atoms with Crippen LogP contribution in [0.25, 0.3) is 0 Å². The Labute approximate surface area is 115 Å². The molecule has 0 saturated heterocycles. The van der Waals surface area contributed by atoms with Crippen molar-refractivity contribution in [3.63, 3.8) is 0 Å². The first-order valence-corrected chi connectivity index (χ1v) is 7.14. The molecule has 0 spiro atoms. The van der Waals surface area contributed by atoms with Crippen LogP contribution in [-0.2, 0) is 11.3 Å². The third kappa shape index (κ3) is 3.57. The zero-order valence-corrected chi connectivity index (χ0v) is 12.1. The van der Waals surface area contributed by atoms with Gasteiger partial charge in [-0.2, -0.15) is 0 Å². The fourth-order valence-electron chi connectivity index (χ4n) is 2.24. The van der Waals surface area contributed by atoms with Crippen LogP contribution in [-0.4, -0.2) is 22.9 Å². The quantitative estimate of drug-likeness (QED) is 0.884. The van der Waals surface area contributed by atoms with Gasteiger partial charge < -0.3 is 10.6 Å². The van der Waals surface area contributed by atoms with Crippen molar-refractivity contribution in [2.24, 2.45) is 5.73 Å². The summed E-state index contributed by atoms with van der Waals surface area (Å²) in [5.74, 6) is 0.606. The summed E-state index contributed by atoms with van der Waals surface area (Å²) in [5.41, 5.74) is 8.25. The molecule has 19 heavy (non-hydrogen) atoms. The topological polar surface area (TPSA) is 46.3 Å². The Balaban J connectivity index is 2.07. The highest BCUT2D eigenvalue weighted by molar-refractivity contribution is 5.81. The van der Waals surface area contributed by atoms with Crippen LogP contribution in [0.3, 0.4) is 0 Å². The van der Waals surface area contributed by atoms with Gasteiger partial charge in [0.05, 0.1) is 6.04 Å². The van der Waals surface area contributed by atoms with Crippen LogP contribution in [0.2, 0.25) is 0 Å². The largest absolute Gasteiger partial charge is 0.334 e. The van der Waals surface area contributed by atoms with Crippen molar-refractivity contribution in [3.05, 3.63) is 35.4 Å². The van der Waals surface area contributed by atoms with E-state index in [4.69, 9.17) is 5.73 Å². The van der Waals surface area contributed by atoms with Gasteiger partial charge in [0.1, 0.15) is 0 Å². The molecular formula is C16H24N2O. The summed E-state index contributed by atoms with van der Waals surface area (Å²) in [6.07, 6.45) is 2.23. The molecule has 1 aliphatic carbocycles. The molecule has 0 heterocycles. The fraction of sp³-hybridized carbons (Fsp3) is 0.562. The monoisotopic (exact) mass is 260 g/mol. The van der Waals surface area contributed by atoms with Crippen molar-refractivity contribution in [3.8, 4) is 0 Å². The van der Waals surface area contributed by atoms with E-state index in [9.17, 15) is 4.79 Å². The summed E-state index contributed by atoms with van der Waals surface area (Å²) in [6.45, 7) is 6.82. The number of carbonyl (C=O) groups excluding carboxylic acids is 1. The van der Waals surface area contributed by atoms with Gasteiger partial charge in [-0.25, -0.2) is 0 Å². The predicted octanol–water partition coefficient (Wildman–Crippen LogP) is 2.65. The maximum atomic E-state index is 12.1. The Hall–Kier alpha value is -1.35. The Morgan fingerprint density at radius 2 is 1.84 bits per heavy atom. The molecule has 1 fully saturated rings. The molecule has 1 aromatic carbocycles. The number of carbonyl (C=O) groups is 1. The van der Waals surface area contributed by atoms with E-state index in [1.807, 2.05) is 4.90 Å². The molecule has 1 aromatic rings.